The normalized spacial score (nSPS) is 11.3. The van der Waals surface area contributed by atoms with Gasteiger partial charge in [-0.3, -0.25) is 4.98 Å². The Morgan fingerprint density at radius 1 is 1.50 bits per heavy atom. The summed E-state index contributed by atoms with van der Waals surface area (Å²) >= 11 is 0. The molecule has 0 aliphatic carbocycles. The zero-order chi connectivity index (χ0) is 13.8. The van der Waals surface area contributed by atoms with Crippen LogP contribution in [0.15, 0.2) is 12.3 Å². The van der Waals surface area contributed by atoms with Crippen LogP contribution in [0.1, 0.15) is 28.9 Å². The molecule has 0 unspecified atom stereocenters. The highest BCUT2D eigenvalue weighted by Gasteiger charge is 2.25. The summed E-state index contributed by atoms with van der Waals surface area (Å²) in [5.74, 6) is -1.17. The van der Waals surface area contributed by atoms with E-state index in [1.54, 1.807) is 6.92 Å². The monoisotopic (exact) mass is 262 g/mol. The molecule has 2 N–H and O–H groups in total. The number of nitrogens with one attached hydrogen (secondary N) is 1. The van der Waals surface area contributed by atoms with Crippen LogP contribution in [0, 0.1) is 6.92 Å². The minimum absolute atomic E-state index is 0.0485. The van der Waals surface area contributed by atoms with Gasteiger partial charge in [-0.15, -0.1) is 0 Å². The molecule has 0 fully saturated rings. The highest BCUT2D eigenvalue weighted by molar-refractivity contribution is 5.93. The second kappa shape index (κ2) is 5.70. The molecule has 0 radical (unpaired) electrons. The standard InChI is InChI=1S/C11H13F3N2O2/c1-7-5-9(8(6-16-7)10(17)18)15-4-2-3-11(12,13)14/h5-6H,2-4H2,1H3,(H,15,16)(H,17,18). The number of anilines is 1. The summed E-state index contributed by atoms with van der Waals surface area (Å²) in [6, 6.07) is 1.50. The highest BCUT2D eigenvalue weighted by atomic mass is 19.4. The van der Waals surface area contributed by atoms with Gasteiger partial charge in [0.1, 0.15) is 5.56 Å². The quantitative estimate of drug-likeness (QED) is 0.801. The van der Waals surface area contributed by atoms with Crippen molar-refractivity contribution < 1.29 is 23.1 Å². The van der Waals surface area contributed by atoms with Crippen molar-refractivity contribution in [1.29, 1.82) is 0 Å². The maximum absolute atomic E-state index is 11.9. The number of carboxylic acid groups (broad SMARTS) is 1. The predicted molar refractivity (Wildman–Crippen MR) is 59.7 cm³/mol. The number of alkyl halides is 3. The van der Waals surface area contributed by atoms with Crippen LogP contribution in [-0.4, -0.2) is 28.8 Å². The van der Waals surface area contributed by atoms with E-state index < -0.39 is 18.6 Å². The molecule has 1 rings (SSSR count). The first-order chi connectivity index (χ1) is 8.29. The second-order valence-electron chi connectivity index (χ2n) is 3.82. The Balaban J connectivity index is 2.61. The Hall–Kier alpha value is -1.79. The maximum atomic E-state index is 11.9. The number of halogens is 3. The van der Waals surface area contributed by atoms with E-state index in [1.165, 1.54) is 12.3 Å². The lowest BCUT2D eigenvalue weighted by atomic mass is 10.2. The molecule has 18 heavy (non-hydrogen) atoms. The minimum atomic E-state index is -4.19. The van der Waals surface area contributed by atoms with Gasteiger partial charge >= 0.3 is 12.1 Å². The summed E-state index contributed by atoms with van der Waals surface area (Å²) in [6.07, 6.45) is -4.01. The number of nitrogens with zero attached hydrogens (tertiary/aromatic N) is 1. The molecule has 0 aromatic carbocycles. The molecule has 0 aliphatic heterocycles. The lowest BCUT2D eigenvalue weighted by Crippen LogP contribution is -2.13. The molecule has 4 nitrogen and oxygen atoms in total. The molecule has 1 aromatic heterocycles. The average molecular weight is 262 g/mol. The van der Waals surface area contributed by atoms with Gasteiger partial charge in [0.2, 0.25) is 0 Å². The van der Waals surface area contributed by atoms with Gasteiger partial charge in [0.15, 0.2) is 0 Å². The molecular weight excluding hydrogens is 249 g/mol. The Labute approximate surface area is 102 Å². The van der Waals surface area contributed by atoms with Gasteiger partial charge in [0, 0.05) is 24.9 Å². The molecular formula is C11H13F3N2O2. The minimum Gasteiger partial charge on any atom is -0.478 e. The van der Waals surface area contributed by atoms with Crippen molar-refractivity contribution in [2.45, 2.75) is 25.9 Å². The van der Waals surface area contributed by atoms with E-state index in [9.17, 15) is 18.0 Å². The van der Waals surface area contributed by atoms with Crippen LogP contribution >= 0.6 is 0 Å². The Kier molecular flexibility index (Phi) is 4.52. The van der Waals surface area contributed by atoms with Crippen LogP contribution in [0.2, 0.25) is 0 Å². The van der Waals surface area contributed by atoms with Crippen LogP contribution in [0.3, 0.4) is 0 Å². The summed E-state index contributed by atoms with van der Waals surface area (Å²) in [7, 11) is 0. The van der Waals surface area contributed by atoms with E-state index in [-0.39, 0.29) is 24.2 Å². The van der Waals surface area contributed by atoms with Crippen molar-refractivity contribution in [1.82, 2.24) is 4.98 Å². The zero-order valence-corrected chi connectivity index (χ0v) is 9.71. The molecule has 7 heteroatoms. The van der Waals surface area contributed by atoms with Crippen LogP contribution in [0.25, 0.3) is 0 Å². The van der Waals surface area contributed by atoms with E-state index >= 15 is 0 Å². The lowest BCUT2D eigenvalue weighted by molar-refractivity contribution is -0.134. The van der Waals surface area contributed by atoms with E-state index in [1.807, 2.05) is 0 Å². The topological polar surface area (TPSA) is 62.2 Å². The summed E-state index contributed by atoms with van der Waals surface area (Å²) < 4.78 is 35.8. The molecule has 0 atom stereocenters. The molecule has 0 saturated heterocycles. The first kappa shape index (κ1) is 14.3. The van der Waals surface area contributed by atoms with E-state index in [0.717, 1.165) is 0 Å². The SMILES string of the molecule is Cc1cc(NCCCC(F)(F)F)c(C(=O)O)cn1. The number of carbonyl (C=O) groups is 1. The number of aromatic nitrogens is 1. The Morgan fingerprint density at radius 2 is 2.17 bits per heavy atom. The Bertz CT molecular complexity index is 433. The fourth-order valence-electron chi connectivity index (χ4n) is 1.39. The van der Waals surface area contributed by atoms with Crippen molar-refractivity contribution in [2.24, 2.45) is 0 Å². The van der Waals surface area contributed by atoms with Gasteiger partial charge in [-0.25, -0.2) is 4.79 Å². The van der Waals surface area contributed by atoms with Gasteiger partial charge in [0.05, 0.1) is 5.69 Å². The number of rotatable bonds is 5. The average Bonchev–Trinajstić information content (AvgIpc) is 2.22. The fraction of sp³-hybridized carbons (Fsp3) is 0.455. The van der Waals surface area contributed by atoms with Crippen molar-refractivity contribution >= 4 is 11.7 Å². The van der Waals surface area contributed by atoms with Crippen molar-refractivity contribution in [3.05, 3.63) is 23.5 Å². The number of hydrogen-bond acceptors (Lipinski definition) is 3. The van der Waals surface area contributed by atoms with E-state index in [4.69, 9.17) is 5.11 Å². The summed E-state index contributed by atoms with van der Waals surface area (Å²) in [5.41, 5.74) is 0.836. The molecule has 1 heterocycles. The first-order valence-corrected chi connectivity index (χ1v) is 5.30. The summed E-state index contributed by atoms with van der Waals surface area (Å²) in [5, 5.41) is 11.6. The number of hydrogen-bond donors (Lipinski definition) is 2. The van der Waals surface area contributed by atoms with Crippen molar-refractivity contribution in [3.8, 4) is 0 Å². The molecule has 0 amide bonds. The van der Waals surface area contributed by atoms with E-state index in [2.05, 4.69) is 10.3 Å². The molecule has 0 aliphatic rings. The molecule has 0 bridgehead atoms. The molecule has 0 saturated carbocycles. The Morgan fingerprint density at radius 3 is 2.72 bits per heavy atom. The third kappa shape index (κ3) is 4.60. The van der Waals surface area contributed by atoms with Gasteiger partial charge in [-0.05, 0) is 19.4 Å². The van der Waals surface area contributed by atoms with Crippen LogP contribution < -0.4 is 5.32 Å². The van der Waals surface area contributed by atoms with Crippen LogP contribution in [0.5, 0.6) is 0 Å². The van der Waals surface area contributed by atoms with Crippen LogP contribution in [-0.2, 0) is 0 Å². The number of pyridine rings is 1. The fourth-order valence-corrected chi connectivity index (χ4v) is 1.39. The highest BCUT2D eigenvalue weighted by Crippen LogP contribution is 2.22. The summed E-state index contributed by atoms with van der Waals surface area (Å²) in [4.78, 5) is 14.7. The smallest absolute Gasteiger partial charge is 0.389 e. The second-order valence-corrected chi connectivity index (χ2v) is 3.82. The third-order valence-electron chi connectivity index (χ3n) is 2.22. The largest absolute Gasteiger partial charge is 0.478 e. The zero-order valence-electron chi connectivity index (χ0n) is 9.71. The summed E-state index contributed by atoms with van der Waals surface area (Å²) in [6.45, 7) is 1.73. The van der Waals surface area contributed by atoms with Gasteiger partial charge in [0.25, 0.3) is 0 Å². The van der Waals surface area contributed by atoms with Gasteiger partial charge < -0.3 is 10.4 Å². The molecule has 1 aromatic rings. The van der Waals surface area contributed by atoms with E-state index in [0.29, 0.717) is 5.69 Å². The maximum Gasteiger partial charge on any atom is 0.389 e. The van der Waals surface area contributed by atoms with Crippen molar-refractivity contribution in [3.63, 3.8) is 0 Å². The number of aromatic carboxylic acids is 1. The number of carboxylic acids is 1. The first-order valence-electron chi connectivity index (χ1n) is 5.30. The third-order valence-corrected chi connectivity index (χ3v) is 2.22. The lowest BCUT2D eigenvalue weighted by Gasteiger charge is -2.11. The van der Waals surface area contributed by atoms with Crippen molar-refractivity contribution in [2.75, 3.05) is 11.9 Å². The van der Waals surface area contributed by atoms with Gasteiger partial charge in [-0.2, -0.15) is 13.2 Å². The predicted octanol–water partition coefficient (Wildman–Crippen LogP) is 2.84. The number of aryl methyl sites for hydroxylation is 1. The molecule has 100 valence electrons. The van der Waals surface area contributed by atoms with Crippen LogP contribution in [0.4, 0.5) is 18.9 Å². The van der Waals surface area contributed by atoms with Gasteiger partial charge in [-0.1, -0.05) is 0 Å². The molecule has 0 spiro atoms.